The van der Waals surface area contributed by atoms with E-state index >= 15 is 0 Å². The van der Waals surface area contributed by atoms with Gasteiger partial charge in [0, 0.05) is 6.42 Å². The van der Waals surface area contributed by atoms with E-state index in [1.54, 1.807) is 0 Å². The van der Waals surface area contributed by atoms with Crippen LogP contribution in [0.3, 0.4) is 0 Å². The molecule has 0 spiro atoms. The molecular weight excluding hydrogens is 148 g/mol. The minimum Gasteiger partial charge on any atom is -0.294 e. The van der Waals surface area contributed by atoms with Crippen molar-refractivity contribution in [3.8, 4) is 0 Å². The van der Waals surface area contributed by atoms with Gasteiger partial charge >= 0.3 is 0 Å². The minimum atomic E-state index is 0.304. The van der Waals surface area contributed by atoms with Crippen LogP contribution in [0, 0.1) is 0 Å². The van der Waals surface area contributed by atoms with Crippen LogP contribution in [0.2, 0.25) is 0 Å². The van der Waals surface area contributed by atoms with E-state index in [1.807, 2.05) is 0 Å². The van der Waals surface area contributed by atoms with Gasteiger partial charge in [-0.05, 0) is 29.6 Å². The Kier molecular flexibility index (Phi) is 2.85. The number of ketones is 1. The quantitative estimate of drug-likeness (QED) is 0.626. The molecule has 0 heterocycles. The molecule has 1 nitrogen and oxygen atoms in total. The summed E-state index contributed by atoms with van der Waals surface area (Å²) in [6.07, 6.45) is 3.51. The minimum absolute atomic E-state index is 0.304. The van der Waals surface area contributed by atoms with E-state index in [4.69, 9.17) is 0 Å². The summed E-state index contributed by atoms with van der Waals surface area (Å²) in [7, 11) is 0. The zero-order valence-corrected chi connectivity index (χ0v) is 7.94. The van der Waals surface area contributed by atoms with Crippen molar-refractivity contribution in [2.45, 2.75) is 39.5 Å². The molecule has 0 N–H and O–H groups in total. The molecule has 0 fully saturated rings. The molecule has 1 rings (SSSR count). The first kappa shape index (κ1) is 9.24. The van der Waals surface area contributed by atoms with Crippen molar-refractivity contribution in [3.05, 3.63) is 23.3 Å². The predicted octanol–water partition coefficient (Wildman–Crippen LogP) is 3.02. The van der Waals surface area contributed by atoms with Crippen LogP contribution in [0.15, 0.2) is 23.3 Å². The van der Waals surface area contributed by atoms with E-state index in [-0.39, 0.29) is 0 Å². The van der Waals surface area contributed by atoms with Crippen molar-refractivity contribution in [2.24, 2.45) is 0 Å². The van der Waals surface area contributed by atoms with Gasteiger partial charge in [0.15, 0.2) is 5.78 Å². The lowest BCUT2D eigenvalue weighted by molar-refractivity contribution is -0.114. The summed E-state index contributed by atoms with van der Waals surface area (Å²) in [6.45, 7) is 8.11. The molecule has 0 aromatic rings. The maximum Gasteiger partial charge on any atom is 0.163 e. The average Bonchev–Trinajstić information content (AvgIpc) is 2.28. The summed E-state index contributed by atoms with van der Waals surface area (Å²) in [6, 6.07) is 0. The summed E-state index contributed by atoms with van der Waals surface area (Å²) < 4.78 is 0. The molecule has 0 saturated carbocycles. The number of Topliss-reactive ketones (excluding diaryl/α,β-unsaturated/α-hetero) is 1. The monoisotopic (exact) mass is 164 g/mol. The predicted molar refractivity (Wildman–Crippen MR) is 51.0 cm³/mol. The highest BCUT2D eigenvalue weighted by Gasteiger charge is 2.23. The second-order valence-electron chi connectivity index (χ2n) is 3.26. The second-order valence-corrected chi connectivity index (χ2v) is 3.26. The summed E-state index contributed by atoms with van der Waals surface area (Å²) in [4.78, 5) is 11.4. The van der Waals surface area contributed by atoms with Crippen molar-refractivity contribution in [2.75, 3.05) is 0 Å². The van der Waals surface area contributed by atoms with Gasteiger partial charge in [-0.1, -0.05) is 26.8 Å². The summed E-state index contributed by atoms with van der Waals surface area (Å²) in [5, 5.41) is 0. The summed E-state index contributed by atoms with van der Waals surface area (Å²) in [5.41, 5.74) is 3.32. The Balaban J connectivity index is 2.92. The number of carbonyl (C=O) groups excluding carboxylic acids is 1. The van der Waals surface area contributed by atoms with Crippen LogP contribution in [-0.4, -0.2) is 5.78 Å². The maximum absolute atomic E-state index is 11.4. The zero-order chi connectivity index (χ0) is 9.14. The highest BCUT2D eigenvalue weighted by molar-refractivity contribution is 6.02. The lowest BCUT2D eigenvalue weighted by Gasteiger charge is -2.01. The van der Waals surface area contributed by atoms with Crippen molar-refractivity contribution in [1.29, 1.82) is 0 Å². The van der Waals surface area contributed by atoms with Crippen molar-refractivity contribution in [1.82, 2.24) is 0 Å². The van der Waals surface area contributed by atoms with Crippen LogP contribution in [0.25, 0.3) is 0 Å². The number of allylic oxidation sites excluding steroid dienone is 3. The largest absolute Gasteiger partial charge is 0.294 e. The Hall–Kier alpha value is -0.850. The zero-order valence-electron chi connectivity index (χ0n) is 7.94. The highest BCUT2D eigenvalue weighted by Crippen LogP contribution is 2.31. The smallest absolute Gasteiger partial charge is 0.163 e. The molecule has 0 aromatic heterocycles. The van der Waals surface area contributed by atoms with Gasteiger partial charge in [-0.3, -0.25) is 4.79 Å². The summed E-state index contributed by atoms with van der Waals surface area (Å²) >= 11 is 0. The number of hydrogen-bond acceptors (Lipinski definition) is 1. The highest BCUT2D eigenvalue weighted by atomic mass is 16.1. The molecule has 0 radical (unpaired) electrons. The van der Waals surface area contributed by atoms with Gasteiger partial charge in [0.05, 0.1) is 0 Å². The lowest BCUT2D eigenvalue weighted by atomic mass is 10.0. The van der Waals surface area contributed by atoms with Crippen molar-refractivity contribution >= 4 is 5.78 Å². The Bertz CT molecular complexity index is 246. The third kappa shape index (κ3) is 1.50. The van der Waals surface area contributed by atoms with E-state index in [0.717, 1.165) is 30.4 Å². The molecule has 0 bridgehead atoms. The fourth-order valence-electron chi connectivity index (χ4n) is 1.79. The van der Waals surface area contributed by atoms with Crippen LogP contribution in [-0.2, 0) is 4.79 Å². The van der Waals surface area contributed by atoms with Gasteiger partial charge in [-0.15, -0.1) is 0 Å². The molecule has 0 saturated heterocycles. The first-order valence-electron chi connectivity index (χ1n) is 4.64. The molecule has 66 valence electrons. The first-order chi connectivity index (χ1) is 5.70. The Labute approximate surface area is 74.2 Å². The van der Waals surface area contributed by atoms with Crippen molar-refractivity contribution < 1.29 is 4.79 Å². The Morgan fingerprint density at radius 3 is 2.50 bits per heavy atom. The molecule has 0 amide bonds. The molecule has 0 atom stereocenters. The Morgan fingerprint density at radius 1 is 1.33 bits per heavy atom. The molecule has 1 heteroatoms. The SMILES string of the molecule is C=C1CC(=O)C(CCC)=C1CC. The molecule has 0 aromatic carbocycles. The Morgan fingerprint density at radius 2 is 2.00 bits per heavy atom. The van der Waals surface area contributed by atoms with Crippen LogP contribution >= 0.6 is 0 Å². The standard InChI is InChI=1S/C11H16O/c1-4-6-10-9(5-2)8(3)7-11(10)12/h3-7H2,1-2H3. The molecule has 1 aliphatic rings. The van der Waals surface area contributed by atoms with Crippen LogP contribution in [0.5, 0.6) is 0 Å². The number of carbonyl (C=O) groups is 1. The van der Waals surface area contributed by atoms with Crippen LogP contribution < -0.4 is 0 Å². The first-order valence-corrected chi connectivity index (χ1v) is 4.64. The third-order valence-corrected chi connectivity index (χ3v) is 2.36. The molecule has 1 aliphatic carbocycles. The fourth-order valence-corrected chi connectivity index (χ4v) is 1.79. The molecule has 12 heavy (non-hydrogen) atoms. The average molecular weight is 164 g/mol. The second kappa shape index (κ2) is 3.70. The van der Waals surface area contributed by atoms with E-state index in [9.17, 15) is 4.79 Å². The van der Waals surface area contributed by atoms with E-state index in [2.05, 4.69) is 20.4 Å². The van der Waals surface area contributed by atoms with E-state index in [1.165, 1.54) is 5.57 Å². The molecule has 0 aliphatic heterocycles. The lowest BCUT2D eigenvalue weighted by Crippen LogP contribution is -1.95. The molecule has 0 unspecified atom stereocenters. The van der Waals surface area contributed by atoms with Crippen LogP contribution in [0.4, 0.5) is 0 Å². The maximum atomic E-state index is 11.4. The van der Waals surface area contributed by atoms with Crippen molar-refractivity contribution in [3.63, 3.8) is 0 Å². The fraction of sp³-hybridized carbons (Fsp3) is 0.545. The van der Waals surface area contributed by atoms with Gasteiger partial charge in [0.2, 0.25) is 0 Å². The van der Waals surface area contributed by atoms with Crippen LogP contribution in [0.1, 0.15) is 39.5 Å². The van der Waals surface area contributed by atoms with E-state index in [0.29, 0.717) is 12.2 Å². The van der Waals surface area contributed by atoms with Gasteiger partial charge in [-0.25, -0.2) is 0 Å². The van der Waals surface area contributed by atoms with Gasteiger partial charge in [0.1, 0.15) is 0 Å². The van der Waals surface area contributed by atoms with E-state index < -0.39 is 0 Å². The van der Waals surface area contributed by atoms with Gasteiger partial charge in [0.25, 0.3) is 0 Å². The van der Waals surface area contributed by atoms with Gasteiger partial charge < -0.3 is 0 Å². The normalized spacial score (nSPS) is 17.8. The number of hydrogen-bond donors (Lipinski definition) is 0. The van der Waals surface area contributed by atoms with Gasteiger partial charge in [-0.2, -0.15) is 0 Å². The summed E-state index contributed by atoms with van der Waals surface area (Å²) in [5.74, 6) is 0.304. The third-order valence-electron chi connectivity index (χ3n) is 2.36. The number of rotatable bonds is 3. The topological polar surface area (TPSA) is 17.1 Å². The molecular formula is C11H16O.